The zero-order chi connectivity index (χ0) is 12.5. The molecule has 2 heterocycles. The van der Waals surface area contributed by atoms with Crippen molar-refractivity contribution in [1.29, 1.82) is 0 Å². The number of aromatic amines is 1. The van der Waals surface area contributed by atoms with Crippen molar-refractivity contribution in [3.63, 3.8) is 0 Å². The first-order valence-corrected chi connectivity index (χ1v) is 6.12. The minimum absolute atomic E-state index is 0.243. The number of esters is 1. The lowest BCUT2D eigenvalue weighted by Crippen LogP contribution is -2.10. The summed E-state index contributed by atoms with van der Waals surface area (Å²) in [5.41, 5.74) is 5.12. The molecular weight excluding hydrogens is 228 g/mol. The topological polar surface area (TPSA) is 55.0 Å². The van der Waals surface area contributed by atoms with Crippen molar-refractivity contribution in [1.82, 2.24) is 9.97 Å². The van der Waals surface area contributed by atoms with Crippen LogP contribution in [0.15, 0.2) is 24.7 Å². The Balaban J connectivity index is 2.07. The molecule has 4 heteroatoms. The lowest BCUT2D eigenvalue weighted by molar-refractivity contribution is 0.0525. The molecular formula is C14H14N2O2. The van der Waals surface area contributed by atoms with Crippen molar-refractivity contribution in [2.75, 3.05) is 6.61 Å². The minimum Gasteiger partial charge on any atom is -0.462 e. The molecule has 3 rings (SSSR count). The van der Waals surface area contributed by atoms with Gasteiger partial charge < -0.3 is 9.72 Å². The van der Waals surface area contributed by atoms with Crippen molar-refractivity contribution in [3.8, 4) is 11.3 Å². The fourth-order valence-corrected chi connectivity index (χ4v) is 2.47. The number of H-pyrrole nitrogens is 1. The lowest BCUT2D eigenvalue weighted by Gasteiger charge is -2.16. The second-order valence-electron chi connectivity index (χ2n) is 4.31. The van der Waals surface area contributed by atoms with Crippen LogP contribution in [0.25, 0.3) is 11.3 Å². The zero-order valence-corrected chi connectivity index (χ0v) is 10.2. The van der Waals surface area contributed by atoms with Crippen LogP contribution in [0.2, 0.25) is 0 Å². The number of pyridine rings is 1. The molecule has 0 saturated heterocycles. The Hall–Kier alpha value is -2.10. The van der Waals surface area contributed by atoms with Crippen LogP contribution >= 0.6 is 0 Å². The molecule has 1 N–H and O–H groups in total. The van der Waals surface area contributed by atoms with Crippen molar-refractivity contribution >= 4 is 5.97 Å². The van der Waals surface area contributed by atoms with Crippen LogP contribution in [0.5, 0.6) is 0 Å². The number of nitrogens with zero attached hydrogens (tertiary/aromatic N) is 1. The molecule has 0 aliphatic heterocycles. The summed E-state index contributed by atoms with van der Waals surface area (Å²) in [7, 11) is 0. The van der Waals surface area contributed by atoms with Crippen LogP contribution in [0.4, 0.5) is 0 Å². The lowest BCUT2D eigenvalue weighted by atomic mass is 9.90. The smallest absolute Gasteiger partial charge is 0.339 e. The van der Waals surface area contributed by atoms with Crippen LogP contribution in [-0.4, -0.2) is 22.5 Å². The summed E-state index contributed by atoms with van der Waals surface area (Å²) in [5.74, 6) is -0.243. The van der Waals surface area contributed by atoms with E-state index in [0.717, 1.165) is 29.7 Å². The maximum atomic E-state index is 11.8. The maximum absolute atomic E-state index is 11.8. The van der Waals surface area contributed by atoms with Gasteiger partial charge in [0.1, 0.15) is 0 Å². The van der Waals surface area contributed by atoms with Crippen LogP contribution in [0.1, 0.15) is 28.4 Å². The highest BCUT2D eigenvalue weighted by atomic mass is 16.5. The van der Waals surface area contributed by atoms with E-state index in [4.69, 9.17) is 4.74 Å². The largest absolute Gasteiger partial charge is 0.462 e. The van der Waals surface area contributed by atoms with Gasteiger partial charge >= 0.3 is 5.97 Å². The van der Waals surface area contributed by atoms with E-state index in [2.05, 4.69) is 9.97 Å². The second-order valence-corrected chi connectivity index (χ2v) is 4.31. The normalized spacial score (nSPS) is 12.7. The molecule has 1 aliphatic carbocycles. The molecule has 0 fully saturated rings. The third-order valence-electron chi connectivity index (χ3n) is 3.30. The summed E-state index contributed by atoms with van der Waals surface area (Å²) >= 11 is 0. The fraction of sp³-hybridized carbons (Fsp3) is 0.286. The van der Waals surface area contributed by atoms with E-state index in [9.17, 15) is 4.79 Å². The van der Waals surface area contributed by atoms with Crippen LogP contribution in [0.3, 0.4) is 0 Å². The highest BCUT2D eigenvalue weighted by Gasteiger charge is 2.24. The first-order chi connectivity index (χ1) is 8.81. The Morgan fingerprint density at radius 2 is 2.39 bits per heavy atom. The van der Waals surface area contributed by atoms with Gasteiger partial charge in [-0.05, 0) is 37.0 Å². The summed E-state index contributed by atoms with van der Waals surface area (Å²) in [5, 5.41) is 0. The number of fused-ring (bicyclic) bond motifs is 3. The number of carbonyl (C=O) groups excluding carboxylic acids is 1. The molecule has 0 radical (unpaired) electrons. The van der Waals surface area contributed by atoms with Crippen molar-refractivity contribution in [2.45, 2.75) is 19.8 Å². The van der Waals surface area contributed by atoms with Gasteiger partial charge in [0.25, 0.3) is 0 Å². The average molecular weight is 242 g/mol. The van der Waals surface area contributed by atoms with E-state index in [1.165, 1.54) is 5.56 Å². The average Bonchev–Trinajstić information content (AvgIpc) is 2.83. The van der Waals surface area contributed by atoms with E-state index in [-0.39, 0.29) is 5.97 Å². The summed E-state index contributed by atoms with van der Waals surface area (Å²) in [4.78, 5) is 19.2. The number of ether oxygens (including phenoxy) is 1. The predicted octanol–water partition coefficient (Wildman–Crippen LogP) is 2.35. The first kappa shape index (κ1) is 11.0. The highest BCUT2D eigenvalue weighted by Crippen LogP contribution is 2.34. The van der Waals surface area contributed by atoms with E-state index in [1.54, 1.807) is 12.4 Å². The molecule has 0 amide bonds. The molecule has 2 aromatic rings. The van der Waals surface area contributed by atoms with Crippen molar-refractivity contribution in [2.24, 2.45) is 0 Å². The van der Waals surface area contributed by atoms with Crippen LogP contribution in [-0.2, 0) is 17.6 Å². The van der Waals surface area contributed by atoms with E-state index in [1.807, 2.05) is 19.2 Å². The van der Waals surface area contributed by atoms with Gasteiger partial charge in [-0.25, -0.2) is 4.79 Å². The van der Waals surface area contributed by atoms with E-state index >= 15 is 0 Å². The van der Waals surface area contributed by atoms with E-state index in [0.29, 0.717) is 12.2 Å². The van der Waals surface area contributed by atoms with Gasteiger partial charge in [-0.1, -0.05) is 0 Å². The Morgan fingerprint density at radius 3 is 3.22 bits per heavy atom. The molecule has 0 saturated carbocycles. The van der Waals surface area contributed by atoms with Gasteiger partial charge in [-0.2, -0.15) is 0 Å². The first-order valence-electron chi connectivity index (χ1n) is 6.12. The molecule has 0 spiro atoms. The summed E-state index contributed by atoms with van der Waals surface area (Å²) in [6.45, 7) is 2.22. The van der Waals surface area contributed by atoms with Gasteiger partial charge in [0.05, 0.1) is 12.2 Å². The van der Waals surface area contributed by atoms with Gasteiger partial charge in [0.15, 0.2) is 0 Å². The number of aryl methyl sites for hydroxylation is 1. The highest BCUT2D eigenvalue weighted by molar-refractivity contribution is 5.94. The molecule has 4 nitrogen and oxygen atoms in total. The Labute approximate surface area is 105 Å². The molecule has 0 aromatic carbocycles. The fourth-order valence-electron chi connectivity index (χ4n) is 2.47. The summed E-state index contributed by atoms with van der Waals surface area (Å²) < 4.78 is 5.07. The molecule has 1 aliphatic rings. The zero-order valence-electron chi connectivity index (χ0n) is 10.2. The van der Waals surface area contributed by atoms with Gasteiger partial charge in [0, 0.05) is 29.8 Å². The number of rotatable bonds is 2. The molecule has 0 atom stereocenters. The van der Waals surface area contributed by atoms with Gasteiger partial charge in [-0.15, -0.1) is 0 Å². The summed E-state index contributed by atoms with van der Waals surface area (Å²) in [6, 6.07) is 1.98. The van der Waals surface area contributed by atoms with Crippen LogP contribution in [0, 0.1) is 0 Å². The minimum atomic E-state index is -0.243. The number of hydrogen-bond donors (Lipinski definition) is 1. The number of aromatic nitrogens is 2. The second kappa shape index (κ2) is 4.29. The summed E-state index contributed by atoms with van der Waals surface area (Å²) in [6.07, 6.45) is 7.19. The standard InChI is InChI=1S/C14H14N2O2/c1-2-18-14(17)12-8-16-13-10-5-6-15-7-9(10)3-4-11(12)13/h5-8,16H,2-4H2,1H3. The number of carbonyl (C=O) groups is 1. The Bertz CT molecular complexity index is 602. The third-order valence-corrected chi connectivity index (χ3v) is 3.30. The van der Waals surface area contributed by atoms with E-state index < -0.39 is 0 Å². The maximum Gasteiger partial charge on any atom is 0.339 e. The molecule has 2 aromatic heterocycles. The number of nitrogens with one attached hydrogen (secondary N) is 1. The van der Waals surface area contributed by atoms with Crippen LogP contribution < -0.4 is 0 Å². The SMILES string of the molecule is CCOC(=O)c1c[nH]c2c1CCc1cnccc1-2. The van der Waals surface area contributed by atoms with Gasteiger partial charge in [-0.3, -0.25) is 4.98 Å². The molecule has 0 unspecified atom stereocenters. The third kappa shape index (κ3) is 1.61. The molecule has 0 bridgehead atoms. The monoisotopic (exact) mass is 242 g/mol. The van der Waals surface area contributed by atoms with Gasteiger partial charge in [0.2, 0.25) is 0 Å². The number of hydrogen-bond acceptors (Lipinski definition) is 3. The molecule has 18 heavy (non-hydrogen) atoms. The Morgan fingerprint density at radius 1 is 1.50 bits per heavy atom. The quantitative estimate of drug-likeness (QED) is 0.822. The predicted molar refractivity (Wildman–Crippen MR) is 67.4 cm³/mol. The van der Waals surface area contributed by atoms with Crippen molar-refractivity contribution < 1.29 is 9.53 Å². The van der Waals surface area contributed by atoms with Crippen molar-refractivity contribution in [3.05, 3.63) is 41.3 Å². The molecule has 92 valence electrons. The Kier molecular flexibility index (Phi) is 2.63.